The third kappa shape index (κ3) is 5.17. The fraction of sp³-hybridized carbons (Fsp3) is 0.111. The predicted molar refractivity (Wildman–Crippen MR) is 42.5 cm³/mol. The van der Waals surface area contributed by atoms with E-state index in [0.717, 1.165) is 24.3 Å². The number of benzene rings is 1. The van der Waals surface area contributed by atoms with Crippen molar-refractivity contribution in [2.45, 2.75) is 6.18 Å². The van der Waals surface area contributed by atoms with E-state index in [1.807, 2.05) is 0 Å². The van der Waals surface area contributed by atoms with E-state index in [-0.39, 0.29) is 56.9 Å². The summed E-state index contributed by atoms with van der Waals surface area (Å²) in [7, 11) is 0. The van der Waals surface area contributed by atoms with E-state index in [4.69, 9.17) is 0 Å². The van der Waals surface area contributed by atoms with Crippen molar-refractivity contribution in [3.63, 3.8) is 0 Å². The Bertz CT molecular complexity index is 413. The Morgan fingerprint density at radius 1 is 1.12 bits per heavy atom. The van der Waals surface area contributed by atoms with Gasteiger partial charge in [0.25, 0.3) is 0 Å². The fourth-order valence-electron chi connectivity index (χ4n) is 0.824. The van der Waals surface area contributed by atoms with Gasteiger partial charge in [0.2, 0.25) is 0 Å². The minimum atomic E-state index is -5.09. The van der Waals surface area contributed by atoms with Crippen LogP contribution in [0.2, 0.25) is 0 Å². The van der Waals surface area contributed by atoms with E-state index in [9.17, 15) is 27.9 Å². The minimum absolute atomic E-state index is 0. The minimum Gasteiger partial charge on any atom is -0.545 e. The van der Waals surface area contributed by atoms with Gasteiger partial charge in [-0.1, -0.05) is 0 Å². The van der Waals surface area contributed by atoms with Crippen molar-refractivity contribution < 1.29 is 84.0 Å². The van der Waals surface area contributed by atoms with Crippen LogP contribution in [0, 0.1) is 0 Å². The van der Waals surface area contributed by atoms with Crippen molar-refractivity contribution in [1.29, 1.82) is 0 Å². The molecule has 0 radical (unpaired) electrons. The molecule has 0 aliphatic heterocycles. The third-order valence-corrected chi connectivity index (χ3v) is 1.53. The number of esters is 1. The molecule has 1 aromatic rings. The van der Waals surface area contributed by atoms with Gasteiger partial charge in [-0.25, -0.2) is 4.79 Å². The normalized spacial score (nSPS) is 10.3. The van der Waals surface area contributed by atoms with Gasteiger partial charge in [-0.2, -0.15) is 13.2 Å². The van der Waals surface area contributed by atoms with E-state index in [1.54, 1.807) is 0 Å². The Hall–Kier alpha value is -0.414. The quantitative estimate of drug-likeness (QED) is 0.340. The van der Waals surface area contributed by atoms with Gasteiger partial charge >= 0.3 is 63.5 Å². The van der Waals surface area contributed by atoms with Gasteiger partial charge in [0.1, 0.15) is 5.75 Å². The summed E-state index contributed by atoms with van der Waals surface area (Å²) in [6.07, 6.45) is -5.09. The summed E-state index contributed by atoms with van der Waals surface area (Å²) in [5, 5.41) is 10.3. The largest absolute Gasteiger partial charge is 1.00 e. The molecule has 0 bridgehead atoms. The summed E-state index contributed by atoms with van der Waals surface area (Å²) in [5.41, 5.74) is -0.230. The SMILES string of the molecule is O=C([O-])c1ccc(OC(=O)C(F)(F)F)cc1.[K+]. The molecule has 17 heavy (non-hydrogen) atoms. The molecule has 0 heterocycles. The second kappa shape index (κ2) is 6.50. The Balaban J connectivity index is 0.00000256. The van der Waals surface area contributed by atoms with Crippen molar-refractivity contribution in [1.82, 2.24) is 0 Å². The van der Waals surface area contributed by atoms with Crippen molar-refractivity contribution >= 4 is 11.9 Å². The number of hydrogen-bond acceptors (Lipinski definition) is 4. The number of alkyl halides is 3. The van der Waals surface area contributed by atoms with Gasteiger partial charge in [-0.15, -0.1) is 0 Å². The maximum Gasteiger partial charge on any atom is 1.00 e. The predicted octanol–water partition coefficient (Wildman–Crippen LogP) is -2.48. The monoisotopic (exact) mass is 272 g/mol. The van der Waals surface area contributed by atoms with Crippen LogP contribution in [-0.4, -0.2) is 18.1 Å². The molecule has 0 amide bonds. The number of carboxylic acids is 1. The average molecular weight is 272 g/mol. The molecule has 8 heteroatoms. The molecule has 86 valence electrons. The van der Waals surface area contributed by atoms with Crippen LogP contribution in [0.25, 0.3) is 0 Å². The third-order valence-electron chi connectivity index (χ3n) is 1.53. The standard InChI is InChI=1S/C9H5F3O4.K/c10-9(11,12)8(15)16-6-3-1-5(2-4-6)7(13)14;/h1-4H,(H,13,14);/q;+1/p-1. The smallest absolute Gasteiger partial charge is 0.545 e. The molecule has 1 rings (SSSR count). The van der Waals surface area contributed by atoms with Crippen LogP contribution in [-0.2, 0) is 4.79 Å². The first-order chi connectivity index (χ1) is 7.30. The van der Waals surface area contributed by atoms with Crippen molar-refractivity contribution in [3.8, 4) is 5.75 Å². The van der Waals surface area contributed by atoms with Crippen LogP contribution < -0.4 is 61.2 Å². The van der Waals surface area contributed by atoms with E-state index < -0.39 is 23.9 Å². The zero-order valence-corrected chi connectivity index (χ0v) is 11.7. The van der Waals surface area contributed by atoms with Gasteiger partial charge in [-0.3, -0.25) is 0 Å². The van der Waals surface area contributed by atoms with Crippen LogP contribution in [0.1, 0.15) is 10.4 Å². The van der Waals surface area contributed by atoms with Crippen molar-refractivity contribution in [2.75, 3.05) is 0 Å². The average Bonchev–Trinajstić information content (AvgIpc) is 2.17. The van der Waals surface area contributed by atoms with Crippen LogP contribution in [0.3, 0.4) is 0 Å². The molecule has 0 N–H and O–H groups in total. The molecular weight excluding hydrogens is 268 g/mol. The maximum absolute atomic E-state index is 11.8. The van der Waals surface area contributed by atoms with Crippen LogP contribution in [0.15, 0.2) is 24.3 Å². The second-order valence-corrected chi connectivity index (χ2v) is 2.70. The number of aromatic carboxylic acids is 1. The van der Waals surface area contributed by atoms with Gasteiger partial charge in [0, 0.05) is 0 Å². The van der Waals surface area contributed by atoms with Crippen molar-refractivity contribution in [3.05, 3.63) is 29.8 Å². The van der Waals surface area contributed by atoms with E-state index in [1.165, 1.54) is 0 Å². The molecule has 0 aromatic heterocycles. The molecule has 0 unspecified atom stereocenters. The van der Waals surface area contributed by atoms with E-state index in [0.29, 0.717) is 0 Å². The van der Waals surface area contributed by atoms with Crippen molar-refractivity contribution in [2.24, 2.45) is 0 Å². The summed E-state index contributed by atoms with van der Waals surface area (Å²) < 4.78 is 39.2. The summed E-state index contributed by atoms with van der Waals surface area (Å²) in [6, 6.07) is 3.78. The topological polar surface area (TPSA) is 66.4 Å². The summed E-state index contributed by atoms with van der Waals surface area (Å²) in [4.78, 5) is 20.7. The van der Waals surface area contributed by atoms with Crippen LogP contribution >= 0.6 is 0 Å². The molecule has 1 aromatic carbocycles. The second-order valence-electron chi connectivity index (χ2n) is 2.70. The number of carbonyl (C=O) groups excluding carboxylic acids is 2. The van der Waals surface area contributed by atoms with Gasteiger partial charge in [0.15, 0.2) is 0 Å². The van der Waals surface area contributed by atoms with E-state index in [2.05, 4.69) is 4.74 Å². The first-order valence-corrected chi connectivity index (χ1v) is 3.91. The Morgan fingerprint density at radius 2 is 1.59 bits per heavy atom. The fourth-order valence-corrected chi connectivity index (χ4v) is 0.824. The first-order valence-electron chi connectivity index (χ1n) is 3.91. The number of rotatable bonds is 2. The van der Waals surface area contributed by atoms with Gasteiger partial charge in [0.05, 0.1) is 5.97 Å². The molecule has 4 nitrogen and oxygen atoms in total. The van der Waals surface area contributed by atoms with Gasteiger partial charge < -0.3 is 14.6 Å². The Kier molecular flexibility index (Phi) is 6.34. The summed E-state index contributed by atoms with van der Waals surface area (Å²) in [6.45, 7) is 0. The molecule has 0 fully saturated rings. The number of carboxylic acid groups (broad SMARTS) is 1. The molecule has 0 aliphatic carbocycles. The zero-order valence-electron chi connectivity index (χ0n) is 8.58. The maximum atomic E-state index is 11.8. The van der Waals surface area contributed by atoms with Crippen LogP contribution in [0.4, 0.5) is 13.2 Å². The summed E-state index contributed by atoms with van der Waals surface area (Å²) in [5.74, 6) is -4.24. The summed E-state index contributed by atoms with van der Waals surface area (Å²) >= 11 is 0. The number of halogens is 3. The number of carbonyl (C=O) groups is 2. The Morgan fingerprint density at radius 3 is 1.94 bits per heavy atom. The molecule has 0 saturated carbocycles. The first kappa shape index (κ1) is 16.6. The molecule has 0 saturated heterocycles. The number of hydrogen-bond donors (Lipinski definition) is 0. The van der Waals surface area contributed by atoms with E-state index >= 15 is 0 Å². The molecule has 0 atom stereocenters. The van der Waals surface area contributed by atoms with Crippen LogP contribution in [0.5, 0.6) is 5.75 Å². The Labute approximate surface area is 136 Å². The molecule has 0 aliphatic rings. The number of ether oxygens (including phenoxy) is 1. The van der Waals surface area contributed by atoms with Gasteiger partial charge in [-0.05, 0) is 29.8 Å². The molecule has 0 spiro atoms. The zero-order chi connectivity index (χ0) is 12.3. The molecular formula is C9H4F3KO4.